The van der Waals surface area contributed by atoms with Crippen LogP contribution in [-0.2, 0) is 10.0 Å². The fourth-order valence-electron chi connectivity index (χ4n) is 1.94. The van der Waals surface area contributed by atoms with Crippen LogP contribution in [0.25, 0.3) is 0 Å². The summed E-state index contributed by atoms with van der Waals surface area (Å²) in [6.45, 7) is 1.86. The van der Waals surface area contributed by atoms with Crippen LogP contribution in [0.1, 0.15) is 13.3 Å². The zero-order chi connectivity index (χ0) is 13.6. The lowest BCUT2D eigenvalue weighted by Crippen LogP contribution is -2.34. The first kappa shape index (κ1) is 13.3. The van der Waals surface area contributed by atoms with Gasteiger partial charge in [-0.05, 0) is 31.5 Å². The van der Waals surface area contributed by atoms with Crippen LogP contribution in [-0.4, -0.2) is 36.5 Å². The fraction of sp³-hybridized carbons (Fsp3) is 0.455. The Hall–Kier alpha value is -1.18. The Kier molecular flexibility index (Phi) is 3.08. The van der Waals surface area contributed by atoms with Crippen LogP contribution in [0.4, 0.5) is 10.1 Å². The summed E-state index contributed by atoms with van der Waals surface area (Å²) in [4.78, 5) is -0.0564. The van der Waals surface area contributed by atoms with Crippen molar-refractivity contribution in [1.82, 2.24) is 4.31 Å². The van der Waals surface area contributed by atoms with E-state index in [4.69, 9.17) is 5.73 Å². The van der Waals surface area contributed by atoms with Crippen molar-refractivity contribution >= 4 is 15.7 Å². The Morgan fingerprint density at radius 2 is 2.17 bits per heavy atom. The van der Waals surface area contributed by atoms with Crippen molar-refractivity contribution in [3.8, 4) is 0 Å². The Morgan fingerprint density at radius 3 is 2.67 bits per heavy atom. The Labute approximate surface area is 105 Å². The van der Waals surface area contributed by atoms with Crippen LogP contribution in [0.3, 0.4) is 0 Å². The van der Waals surface area contributed by atoms with Crippen molar-refractivity contribution in [3.05, 3.63) is 24.0 Å². The van der Waals surface area contributed by atoms with E-state index in [9.17, 15) is 17.9 Å². The number of nitrogens with two attached hydrogens (primary N) is 1. The van der Waals surface area contributed by atoms with Crippen LogP contribution in [0.15, 0.2) is 23.1 Å². The summed E-state index contributed by atoms with van der Waals surface area (Å²) in [7, 11) is -3.72. The minimum absolute atomic E-state index is 0.0343. The largest absolute Gasteiger partial charge is 0.396 e. The fourth-order valence-corrected chi connectivity index (χ4v) is 3.53. The molecule has 0 saturated carbocycles. The number of rotatable bonds is 2. The minimum atomic E-state index is -3.72. The van der Waals surface area contributed by atoms with E-state index in [1.807, 2.05) is 0 Å². The molecule has 1 unspecified atom stereocenters. The smallest absolute Gasteiger partial charge is 0.243 e. The number of β-amino-alcohol motifs (C(OH)–C–C–N with tert-alkyl or cyclic N) is 1. The number of benzene rings is 1. The molecule has 0 aromatic heterocycles. The van der Waals surface area contributed by atoms with E-state index in [-0.39, 0.29) is 23.7 Å². The van der Waals surface area contributed by atoms with Gasteiger partial charge in [0.1, 0.15) is 5.82 Å². The molecule has 1 saturated heterocycles. The SMILES string of the molecule is CC1(O)CCN(S(=O)(=O)c2ccc(F)c(N)c2)C1. The van der Waals surface area contributed by atoms with Crippen molar-refractivity contribution in [1.29, 1.82) is 0 Å². The van der Waals surface area contributed by atoms with Gasteiger partial charge in [0.05, 0.1) is 16.2 Å². The zero-order valence-corrected chi connectivity index (χ0v) is 10.7. The molecule has 0 amide bonds. The van der Waals surface area contributed by atoms with Gasteiger partial charge in [0, 0.05) is 13.1 Å². The number of aliphatic hydroxyl groups is 1. The summed E-state index contributed by atoms with van der Waals surface area (Å²) in [6, 6.07) is 3.29. The molecule has 0 radical (unpaired) electrons. The van der Waals surface area contributed by atoms with Crippen LogP contribution >= 0.6 is 0 Å². The molecule has 18 heavy (non-hydrogen) atoms. The number of nitrogens with zero attached hydrogens (tertiary/aromatic N) is 1. The maximum Gasteiger partial charge on any atom is 0.243 e. The monoisotopic (exact) mass is 274 g/mol. The lowest BCUT2D eigenvalue weighted by molar-refractivity contribution is 0.0762. The van der Waals surface area contributed by atoms with Crippen LogP contribution in [0.2, 0.25) is 0 Å². The lowest BCUT2D eigenvalue weighted by atomic mass is 10.1. The third-order valence-corrected chi connectivity index (χ3v) is 4.86. The van der Waals surface area contributed by atoms with Gasteiger partial charge in [-0.3, -0.25) is 0 Å². The average Bonchev–Trinajstić information content (AvgIpc) is 2.63. The van der Waals surface area contributed by atoms with E-state index in [0.29, 0.717) is 6.42 Å². The highest BCUT2D eigenvalue weighted by atomic mass is 32.2. The first-order valence-corrected chi connectivity index (χ1v) is 6.94. The predicted molar refractivity (Wildman–Crippen MR) is 64.8 cm³/mol. The Balaban J connectivity index is 2.34. The van der Waals surface area contributed by atoms with Crippen LogP contribution < -0.4 is 5.73 Å². The summed E-state index contributed by atoms with van der Waals surface area (Å²) in [6.07, 6.45) is 0.378. The highest BCUT2D eigenvalue weighted by molar-refractivity contribution is 7.89. The number of anilines is 1. The van der Waals surface area contributed by atoms with E-state index in [0.717, 1.165) is 12.1 Å². The molecule has 1 aliphatic rings. The van der Waals surface area contributed by atoms with Crippen LogP contribution in [0, 0.1) is 5.82 Å². The van der Waals surface area contributed by atoms with E-state index in [1.54, 1.807) is 6.92 Å². The molecule has 7 heteroatoms. The highest BCUT2D eigenvalue weighted by Gasteiger charge is 2.38. The minimum Gasteiger partial charge on any atom is -0.396 e. The molecule has 100 valence electrons. The first-order valence-electron chi connectivity index (χ1n) is 5.50. The molecule has 1 fully saturated rings. The van der Waals surface area contributed by atoms with Crippen molar-refractivity contribution in [2.45, 2.75) is 23.8 Å². The van der Waals surface area contributed by atoms with Gasteiger partial charge in [0.25, 0.3) is 0 Å². The van der Waals surface area contributed by atoms with Crippen molar-refractivity contribution in [2.24, 2.45) is 0 Å². The van der Waals surface area contributed by atoms with Gasteiger partial charge in [-0.25, -0.2) is 12.8 Å². The Morgan fingerprint density at radius 1 is 1.50 bits per heavy atom. The Bertz CT molecular complexity index is 572. The summed E-state index contributed by atoms with van der Waals surface area (Å²) in [5, 5.41) is 9.78. The molecule has 1 aliphatic heterocycles. The molecule has 2 rings (SSSR count). The highest BCUT2D eigenvalue weighted by Crippen LogP contribution is 2.27. The van der Waals surface area contributed by atoms with Gasteiger partial charge in [-0.1, -0.05) is 0 Å². The second-order valence-corrected chi connectivity index (χ2v) is 6.71. The number of sulfonamides is 1. The number of nitrogen functional groups attached to an aromatic ring is 1. The van der Waals surface area contributed by atoms with Gasteiger partial charge in [-0.2, -0.15) is 4.31 Å². The third-order valence-electron chi connectivity index (χ3n) is 3.02. The zero-order valence-electron chi connectivity index (χ0n) is 9.93. The molecule has 0 aliphatic carbocycles. The van der Waals surface area contributed by atoms with Gasteiger partial charge >= 0.3 is 0 Å². The van der Waals surface area contributed by atoms with Gasteiger partial charge in [-0.15, -0.1) is 0 Å². The third kappa shape index (κ3) is 2.33. The summed E-state index contributed by atoms with van der Waals surface area (Å²) in [5.41, 5.74) is 4.14. The second kappa shape index (κ2) is 4.18. The van der Waals surface area contributed by atoms with Crippen molar-refractivity contribution in [3.63, 3.8) is 0 Å². The molecule has 0 spiro atoms. The maximum atomic E-state index is 13.0. The quantitative estimate of drug-likeness (QED) is 0.772. The number of hydrogen-bond acceptors (Lipinski definition) is 4. The molecule has 3 N–H and O–H groups in total. The normalized spacial score (nSPS) is 25.5. The van der Waals surface area contributed by atoms with E-state index in [1.165, 1.54) is 10.4 Å². The standard InChI is InChI=1S/C11H15FN2O3S/c1-11(15)4-5-14(7-11)18(16,17)8-2-3-9(12)10(13)6-8/h2-3,6,15H,4-5,7,13H2,1H3. The molecule has 1 atom stereocenters. The average molecular weight is 274 g/mol. The summed E-state index contributed by atoms with van der Waals surface area (Å²) >= 11 is 0. The molecule has 1 heterocycles. The number of halogens is 1. The molecule has 1 aromatic rings. The van der Waals surface area contributed by atoms with E-state index < -0.39 is 21.4 Å². The molecule has 5 nitrogen and oxygen atoms in total. The second-order valence-electron chi connectivity index (χ2n) is 4.77. The maximum absolute atomic E-state index is 13.0. The first-order chi connectivity index (χ1) is 8.22. The van der Waals surface area contributed by atoms with Crippen molar-refractivity contribution < 1.29 is 17.9 Å². The van der Waals surface area contributed by atoms with Gasteiger partial charge in [0.15, 0.2) is 0 Å². The van der Waals surface area contributed by atoms with Gasteiger partial charge < -0.3 is 10.8 Å². The lowest BCUT2D eigenvalue weighted by Gasteiger charge is -2.19. The topological polar surface area (TPSA) is 83.6 Å². The van der Waals surface area contributed by atoms with Crippen molar-refractivity contribution in [2.75, 3.05) is 18.8 Å². The van der Waals surface area contributed by atoms with E-state index in [2.05, 4.69) is 0 Å². The van der Waals surface area contributed by atoms with E-state index >= 15 is 0 Å². The summed E-state index contributed by atoms with van der Waals surface area (Å²) < 4.78 is 38.6. The summed E-state index contributed by atoms with van der Waals surface area (Å²) in [5.74, 6) is -0.651. The van der Waals surface area contributed by atoms with Gasteiger partial charge in [0.2, 0.25) is 10.0 Å². The molecule has 0 bridgehead atoms. The number of hydrogen-bond donors (Lipinski definition) is 2. The van der Waals surface area contributed by atoms with Crippen LogP contribution in [0.5, 0.6) is 0 Å². The predicted octanol–water partition coefficient (Wildman–Crippen LogP) is 0.553. The molecular weight excluding hydrogens is 259 g/mol. The molecule has 1 aromatic carbocycles. The molecular formula is C11H15FN2O3S.